The third-order valence-corrected chi connectivity index (χ3v) is 6.48. The van der Waals surface area contributed by atoms with Crippen LogP contribution in [-0.4, -0.2) is 26.7 Å². The first-order valence-corrected chi connectivity index (χ1v) is 10.5. The quantitative estimate of drug-likeness (QED) is 0.423. The van der Waals surface area contributed by atoms with Crippen LogP contribution in [0.1, 0.15) is 43.0 Å². The molecule has 136 valence electrons. The molecule has 0 amide bonds. The van der Waals surface area contributed by atoms with Gasteiger partial charge in [0.2, 0.25) is 11.4 Å². The fourth-order valence-corrected chi connectivity index (χ4v) is 5.89. The Kier molecular flexibility index (Phi) is 5.28. The van der Waals surface area contributed by atoms with E-state index in [1.54, 1.807) is 0 Å². The summed E-state index contributed by atoms with van der Waals surface area (Å²) in [5.41, 5.74) is 10.2. The van der Waals surface area contributed by atoms with E-state index in [9.17, 15) is 0 Å². The minimum Gasteiger partial charge on any atom is -0.127 e. The van der Waals surface area contributed by atoms with Gasteiger partial charge in [-0.3, -0.25) is 0 Å². The normalized spacial score (nSPS) is 15.4. The summed E-state index contributed by atoms with van der Waals surface area (Å²) in [7, 11) is 0. The standard InChI is InChI=1S/C22H26Br2N2/c1-12-8-14(3)21(19(23)10-12)25-16(5)17(6)26(18(25)7)22-15(4)9-13(2)11-20(22)24/h8-11,18H,1-7H3/q+2. The Morgan fingerprint density at radius 1 is 0.654 bits per heavy atom. The van der Waals surface area contributed by atoms with Crippen LogP contribution < -0.4 is 0 Å². The van der Waals surface area contributed by atoms with Gasteiger partial charge in [-0.05, 0) is 94.9 Å². The van der Waals surface area contributed by atoms with Crippen LogP contribution in [0.15, 0.2) is 33.2 Å². The molecular weight excluding hydrogens is 452 g/mol. The molecule has 1 heterocycles. The van der Waals surface area contributed by atoms with Crippen molar-refractivity contribution in [1.82, 2.24) is 0 Å². The van der Waals surface area contributed by atoms with Crippen LogP contribution in [0.5, 0.6) is 0 Å². The minimum absolute atomic E-state index is 0.199. The summed E-state index contributed by atoms with van der Waals surface area (Å²) in [6.07, 6.45) is 0.199. The second-order valence-electron chi connectivity index (χ2n) is 7.37. The topological polar surface area (TPSA) is 6.02 Å². The third kappa shape index (κ3) is 3.11. The Morgan fingerprint density at radius 3 is 1.31 bits per heavy atom. The molecular formula is C22H26Br2N2+2. The van der Waals surface area contributed by atoms with E-state index in [-0.39, 0.29) is 6.17 Å². The highest BCUT2D eigenvalue weighted by Gasteiger charge is 2.45. The van der Waals surface area contributed by atoms with Crippen LogP contribution in [0, 0.1) is 27.7 Å². The van der Waals surface area contributed by atoms with Crippen LogP contribution >= 0.6 is 31.9 Å². The lowest BCUT2D eigenvalue weighted by atomic mass is 10.1. The summed E-state index contributed by atoms with van der Waals surface area (Å²) in [5, 5.41) is 0. The molecule has 2 aromatic rings. The van der Waals surface area contributed by atoms with Gasteiger partial charge in [-0.15, -0.1) is 9.15 Å². The summed E-state index contributed by atoms with van der Waals surface area (Å²) in [4.78, 5) is 0. The summed E-state index contributed by atoms with van der Waals surface area (Å²) in [6.45, 7) is 15.4. The van der Waals surface area contributed by atoms with E-state index >= 15 is 0 Å². The van der Waals surface area contributed by atoms with Crippen molar-refractivity contribution in [3.05, 3.63) is 55.5 Å². The number of hydrogen-bond acceptors (Lipinski definition) is 0. The Labute approximate surface area is 173 Å². The fourth-order valence-electron chi connectivity index (χ4n) is 4.16. The molecule has 0 atom stereocenters. The van der Waals surface area contributed by atoms with E-state index in [1.807, 2.05) is 0 Å². The second kappa shape index (κ2) is 7.05. The molecule has 3 rings (SSSR count). The Bertz CT molecular complexity index is 858. The lowest BCUT2D eigenvalue weighted by molar-refractivity contribution is -0.688. The summed E-state index contributed by atoms with van der Waals surface area (Å²) in [6, 6.07) is 8.91. The fraction of sp³-hybridized carbons (Fsp3) is 0.364. The van der Waals surface area contributed by atoms with Gasteiger partial charge in [-0.1, -0.05) is 0 Å². The highest BCUT2D eigenvalue weighted by molar-refractivity contribution is 9.11. The first kappa shape index (κ1) is 19.5. The predicted molar refractivity (Wildman–Crippen MR) is 118 cm³/mol. The molecule has 1 aliphatic heterocycles. The zero-order chi connectivity index (χ0) is 19.3. The molecule has 26 heavy (non-hydrogen) atoms. The molecule has 0 radical (unpaired) electrons. The van der Waals surface area contributed by atoms with E-state index < -0.39 is 0 Å². The minimum atomic E-state index is 0.199. The van der Waals surface area contributed by atoms with Crippen molar-refractivity contribution in [3.63, 3.8) is 0 Å². The first-order valence-electron chi connectivity index (χ1n) is 8.93. The van der Waals surface area contributed by atoms with Crippen molar-refractivity contribution in [2.24, 2.45) is 0 Å². The largest absolute Gasteiger partial charge is 0.351 e. The van der Waals surface area contributed by atoms with Gasteiger partial charge in [-0.2, -0.15) is 0 Å². The number of hydrogen-bond donors (Lipinski definition) is 0. The molecule has 0 N–H and O–H groups in total. The molecule has 0 saturated heterocycles. The average molecular weight is 478 g/mol. The molecule has 0 bridgehead atoms. The van der Waals surface area contributed by atoms with Gasteiger partial charge in [0.25, 0.3) is 11.4 Å². The maximum Gasteiger partial charge on any atom is 0.351 e. The number of rotatable bonds is 2. The maximum atomic E-state index is 3.81. The van der Waals surface area contributed by atoms with Crippen molar-refractivity contribution < 1.29 is 9.15 Å². The summed E-state index contributed by atoms with van der Waals surface area (Å²) < 4.78 is 7.19. The van der Waals surface area contributed by atoms with Crippen molar-refractivity contribution in [2.45, 2.75) is 54.6 Å². The maximum absolute atomic E-state index is 3.81. The molecule has 0 unspecified atom stereocenters. The lowest BCUT2D eigenvalue weighted by Crippen LogP contribution is -2.27. The third-order valence-electron chi connectivity index (χ3n) is 5.27. The summed E-state index contributed by atoms with van der Waals surface area (Å²) >= 11 is 7.61. The molecule has 0 fully saturated rings. The molecule has 0 spiro atoms. The van der Waals surface area contributed by atoms with Gasteiger partial charge in [0.05, 0.1) is 15.9 Å². The van der Waals surface area contributed by atoms with E-state index in [4.69, 9.17) is 0 Å². The van der Waals surface area contributed by atoms with Gasteiger partial charge in [0, 0.05) is 25.0 Å². The smallest absolute Gasteiger partial charge is 0.127 e. The highest BCUT2D eigenvalue weighted by Crippen LogP contribution is 2.38. The molecule has 4 heteroatoms. The van der Waals surface area contributed by atoms with Gasteiger partial charge in [0.1, 0.15) is 0 Å². The molecule has 1 aliphatic rings. The van der Waals surface area contributed by atoms with E-state index in [2.05, 4.69) is 114 Å². The SMILES string of the molecule is CC1=[N+](c2c(C)cc(C)cc2Br)C(C)[N+](c2c(C)cc(C)cc2Br)=C1C. The van der Waals surface area contributed by atoms with Gasteiger partial charge in [0.15, 0.2) is 0 Å². The Balaban J connectivity index is 2.20. The van der Waals surface area contributed by atoms with Crippen LogP contribution in [-0.2, 0) is 0 Å². The van der Waals surface area contributed by atoms with Gasteiger partial charge < -0.3 is 0 Å². The number of benzene rings is 2. The number of aryl methyl sites for hydroxylation is 4. The molecule has 0 aliphatic carbocycles. The zero-order valence-corrected chi connectivity index (χ0v) is 19.7. The van der Waals surface area contributed by atoms with Crippen molar-refractivity contribution in [1.29, 1.82) is 0 Å². The molecule has 2 aromatic carbocycles. The molecule has 0 saturated carbocycles. The molecule has 0 aromatic heterocycles. The average Bonchev–Trinajstić information content (AvgIpc) is 2.71. The predicted octanol–water partition coefficient (Wildman–Crippen LogP) is 6.71. The van der Waals surface area contributed by atoms with Crippen molar-refractivity contribution >= 4 is 54.7 Å². The van der Waals surface area contributed by atoms with Crippen LogP contribution in [0.25, 0.3) is 0 Å². The van der Waals surface area contributed by atoms with Crippen LogP contribution in [0.3, 0.4) is 0 Å². The van der Waals surface area contributed by atoms with E-state index in [0.717, 1.165) is 8.95 Å². The molecule has 2 nitrogen and oxygen atoms in total. The van der Waals surface area contributed by atoms with E-state index in [0.29, 0.717) is 0 Å². The van der Waals surface area contributed by atoms with Crippen LogP contribution in [0.2, 0.25) is 0 Å². The number of halogens is 2. The van der Waals surface area contributed by atoms with Crippen molar-refractivity contribution in [2.75, 3.05) is 0 Å². The van der Waals surface area contributed by atoms with Gasteiger partial charge in [-0.25, -0.2) is 0 Å². The first-order chi connectivity index (χ1) is 12.1. The van der Waals surface area contributed by atoms with Gasteiger partial charge >= 0.3 is 6.17 Å². The summed E-state index contributed by atoms with van der Waals surface area (Å²) in [5.74, 6) is 0. The monoisotopic (exact) mass is 476 g/mol. The highest BCUT2D eigenvalue weighted by atomic mass is 79.9. The second-order valence-corrected chi connectivity index (χ2v) is 9.08. The Morgan fingerprint density at radius 2 is 1.00 bits per heavy atom. The lowest BCUT2D eigenvalue weighted by Gasteiger charge is -2.12. The van der Waals surface area contributed by atoms with Crippen molar-refractivity contribution in [3.8, 4) is 0 Å². The van der Waals surface area contributed by atoms with Crippen LogP contribution in [0.4, 0.5) is 11.4 Å². The zero-order valence-electron chi connectivity index (χ0n) is 16.5. The Hall–Kier alpha value is -1.26. The number of nitrogens with zero attached hydrogens (tertiary/aromatic N) is 2. The van der Waals surface area contributed by atoms with E-state index in [1.165, 1.54) is 45.1 Å².